The Labute approximate surface area is 204 Å². The minimum atomic E-state index is -0.232. The average Bonchev–Trinajstić information content (AvgIpc) is 3.50. The molecule has 5 rings (SSSR count). The molecule has 2 heterocycles. The van der Waals surface area contributed by atoms with Crippen LogP contribution in [0.3, 0.4) is 0 Å². The highest BCUT2D eigenvalue weighted by molar-refractivity contribution is 6.09. The minimum Gasteiger partial charge on any atom is -0.322 e. The molecule has 7 heteroatoms. The lowest BCUT2D eigenvalue weighted by atomic mass is 9.98. The number of aromatic nitrogens is 3. The van der Waals surface area contributed by atoms with Crippen LogP contribution in [0, 0.1) is 6.92 Å². The van der Waals surface area contributed by atoms with E-state index in [1.165, 1.54) is 0 Å². The van der Waals surface area contributed by atoms with E-state index in [9.17, 15) is 9.59 Å². The number of nitrogens with one attached hydrogen (secondary N) is 1. The summed E-state index contributed by atoms with van der Waals surface area (Å²) < 4.78 is 1.81. The predicted octanol–water partition coefficient (Wildman–Crippen LogP) is 5.21. The smallest absolute Gasteiger partial charge is 0.258 e. The standard InChI is InChI=1S/C28H27N5O2/c1-18(2)33-17-29-26(31-33)24-16-32(28(35)20-7-5-4-6-8-20)25-14-11-21(15-23(24)25)27(34)30-22-12-9-19(3)10-13-22/h4-15,17-18,24H,16H2,1-3H3,(H,30,34)/t24-/m1/s1. The van der Waals surface area contributed by atoms with Crippen LogP contribution in [0.2, 0.25) is 0 Å². The molecule has 0 radical (unpaired) electrons. The summed E-state index contributed by atoms with van der Waals surface area (Å²) in [6, 6.07) is 22.5. The van der Waals surface area contributed by atoms with Gasteiger partial charge in [0.2, 0.25) is 0 Å². The highest BCUT2D eigenvalue weighted by Crippen LogP contribution is 2.40. The summed E-state index contributed by atoms with van der Waals surface area (Å²) in [7, 11) is 0. The number of aryl methyl sites for hydroxylation is 1. The first-order valence-electron chi connectivity index (χ1n) is 11.7. The van der Waals surface area contributed by atoms with Crippen molar-refractivity contribution in [1.82, 2.24) is 14.8 Å². The number of hydrogen-bond donors (Lipinski definition) is 1. The molecule has 0 saturated carbocycles. The molecular weight excluding hydrogens is 438 g/mol. The van der Waals surface area contributed by atoms with Gasteiger partial charge in [0.05, 0.1) is 5.92 Å². The van der Waals surface area contributed by atoms with Gasteiger partial charge in [-0.15, -0.1) is 0 Å². The normalized spacial score (nSPS) is 14.7. The largest absolute Gasteiger partial charge is 0.322 e. The number of carbonyl (C=O) groups excluding carboxylic acids is 2. The van der Waals surface area contributed by atoms with E-state index in [1.54, 1.807) is 17.3 Å². The van der Waals surface area contributed by atoms with Crippen LogP contribution in [0.4, 0.5) is 11.4 Å². The third-order valence-corrected chi connectivity index (χ3v) is 6.26. The second-order valence-corrected chi connectivity index (χ2v) is 9.10. The maximum absolute atomic E-state index is 13.4. The quantitative estimate of drug-likeness (QED) is 0.439. The van der Waals surface area contributed by atoms with Gasteiger partial charge in [-0.3, -0.25) is 14.3 Å². The van der Waals surface area contributed by atoms with E-state index >= 15 is 0 Å². The van der Waals surface area contributed by atoms with Gasteiger partial charge >= 0.3 is 0 Å². The maximum atomic E-state index is 13.4. The molecule has 2 amide bonds. The Kier molecular flexibility index (Phi) is 5.91. The molecule has 35 heavy (non-hydrogen) atoms. The van der Waals surface area contributed by atoms with E-state index < -0.39 is 0 Å². The lowest BCUT2D eigenvalue weighted by Gasteiger charge is -2.18. The molecule has 0 fully saturated rings. The number of rotatable bonds is 5. The lowest BCUT2D eigenvalue weighted by molar-refractivity contribution is 0.0987. The van der Waals surface area contributed by atoms with E-state index in [2.05, 4.69) is 15.4 Å². The number of amides is 2. The highest BCUT2D eigenvalue weighted by atomic mass is 16.2. The van der Waals surface area contributed by atoms with Crippen LogP contribution >= 0.6 is 0 Å². The van der Waals surface area contributed by atoms with Crippen molar-refractivity contribution in [2.24, 2.45) is 0 Å². The van der Waals surface area contributed by atoms with Crippen LogP contribution < -0.4 is 10.2 Å². The van der Waals surface area contributed by atoms with Crippen LogP contribution in [0.1, 0.15) is 63.5 Å². The minimum absolute atomic E-state index is 0.0884. The van der Waals surface area contributed by atoms with Crippen LogP contribution in [-0.2, 0) is 0 Å². The van der Waals surface area contributed by atoms with Gasteiger partial charge in [0, 0.05) is 35.1 Å². The van der Waals surface area contributed by atoms with Gasteiger partial charge in [0.25, 0.3) is 11.8 Å². The van der Waals surface area contributed by atoms with Gasteiger partial charge in [0.15, 0.2) is 5.82 Å². The Hall–Kier alpha value is -4.26. The number of anilines is 2. The number of hydrogen-bond acceptors (Lipinski definition) is 4. The average molecular weight is 466 g/mol. The monoisotopic (exact) mass is 465 g/mol. The third kappa shape index (κ3) is 4.45. The predicted molar refractivity (Wildman–Crippen MR) is 136 cm³/mol. The van der Waals surface area contributed by atoms with Crippen molar-refractivity contribution in [3.05, 3.63) is 107 Å². The molecule has 3 aromatic carbocycles. The molecule has 4 aromatic rings. The van der Waals surface area contributed by atoms with Crippen LogP contribution in [0.5, 0.6) is 0 Å². The Morgan fingerprint density at radius 1 is 0.971 bits per heavy atom. The van der Waals surface area contributed by atoms with E-state index in [4.69, 9.17) is 0 Å². The van der Waals surface area contributed by atoms with Crippen LogP contribution in [0.15, 0.2) is 79.1 Å². The van der Waals surface area contributed by atoms with Crippen molar-refractivity contribution in [2.75, 3.05) is 16.8 Å². The van der Waals surface area contributed by atoms with E-state index in [0.717, 1.165) is 22.5 Å². The summed E-state index contributed by atoms with van der Waals surface area (Å²) in [6.45, 7) is 6.50. The molecule has 1 aliphatic heterocycles. The second-order valence-electron chi connectivity index (χ2n) is 9.10. The van der Waals surface area contributed by atoms with Gasteiger partial charge in [-0.25, -0.2) is 4.98 Å². The Morgan fingerprint density at radius 2 is 1.71 bits per heavy atom. The van der Waals surface area contributed by atoms with Crippen molar-refractivity contribution >= 4 is 23.2 Å². The number of carbonyl (C=O) groups is 2. The van der Waals surface area contributed by atoms with Crippen molar-refractivity contribution in [3.8, 4) is 0 Å². The van der Waals surface area contributed by atoms with E-state index in [0.29, 0.717) is 23.5 Å². The highest BCUT2D eigenvalue weighted by Gasteiger charge is 2.36. The topological polar surface area (TPSA) is 80.1 Å². The molecule has 1 aliphatic rings. The molecule has 0 bridgehead atoms. The number of fused-ring (bicyclic) bond motifs is 1. The lowest BCUT2D eigenvalue weighted by Crippen LogP contribution is -2.30. The molecule has 0 aliphatic carbocycles. The first-order valence-corrected chi connectivity index (χ1v) is 11.7. The summed E-state index contributed by atoms with van der Waals surface area (Å²) in [6.07, 6.45) is 1.72. The van der Waals surface area contributed by atoms with Crippen molar-refractivity contribution in [3.63, 3.8) is 0 Å². The first-order chi connectivity index (χ1) is 16.9. The van der Waals surface area contributed by atoms with Crippen molar-refractivity contribution < 1.29 is 9.59 Å². The first kappa shape index (κ1) is 22.5. The van der Waals surface area contributed by atoms with Gasteiger partial charge in [0.1, 0.15) is 6.33 Å². The Bertz CT molecular complexity index is 1380. The summed E-state index contributed by atoms with van der Waals surface area (Å²) in [4.78, 5) is 32.7. The fourth-order valence-corrected chi connectivity index (χ4v) is 4.29. The van der Waals surface area contributed by atoms with Gasteiger partial charge in [-0.1, -0.05) is 35.9 Å². The molecule has 0 saturated heterocycles. The summed E-state index contributed by atoms with van der Waals surface area (Å²) in [5.41, 5.74) is 4.63. The zero-order valence-corrected chi connectivity index (χ0v) is 20.0. The third-order valence-electron chi connectivity index (χ3n) is 6.26. The SMILES string of the molecule is Cc1ccc(NC(=O)c2ccc3c(c2)[C@H](c2ncn(C(C)C)n2)CN3C(=O)c2ccccc2)cc1. The molecule has 0 unspecified atom stereocenters. The number of benzene rings is 3. The molecular formula is C28H27N5O2. The summed E-state index contributed by atoms with van der Waals surface area (Å²) in [5, 5.41) is 7.63. The fraction of sp³-hybridized carbons (Fsp3) is 0.214. The molecule has 1 aromatic heterocycles. The molecule has 176 valence electrons. The number of nitrogens with zero attached hydrogens (tertiary/aromatic N) is 4. The Balaban J connectivity index is 1.51. The molecule has 0 spiro atoms. The summed E-state index contributed by atoms with van der Waals surface area (Å²) in [5.74, 6) is 0.114. The second kappa shape index (κ2) is 9.18. The van der Waals surface area contributed by atoms with E-state index in [-0.39, 0.29) is 23.8 Å². The van der Waals surface area contributed by atoms with Crippen molar-refractivity contribution in [2.45, 2.75) is 32.7 Å². The molecule has 1 N–H and O–H groups in total. The fourth-order valence-electron chi connectivity index (χ4n) is 4.29. The Morgan fingerprint density at radius 3 is 2.40 bits per heavy atom. The van der Waals surface area contributed by atoms with E-state index in [1.807, 2.05) is 92.2 Å². The van der Waals surface area contributed by atoms with Gasteiger partial charge in [-0.05, 0) is 68.8 Å². The summed E-state index contributed by atoms with van der Waals surface area (Å²) >= 11 is 0. The van der Waals surface area contributed by atoms with Crippen LogP contribution in [-0.4, -0.2) is 33.1 Å². The maximum Gasteiger partial charge on any atom is 0.258 e. The molecule has 1 atom stereocenters. The van der Waals surface area contributed by atoms with Gasteiger partial charge < -0.3 is 10.2 Å². The molecule has 7 nitrogen and oxygen atoms in total. The van der Waals surface area contributed by atoms with Gasteiger partial charge in [-0.2, -0.15) is 5.10 Å². The van der Waals surface area contributed by atoms with Crippen LogP contribution in [0.25, 0.3) is 0 Å². The zero-order valence-electron chi connectivity index (χ0n) is 20.0. The van der Waals surface area contributed by atoms with Crippen molar-refractivity contribution in [1.29, 1.82) is 0 Å². The zero-order chi connectivity index (χ0) is 24.5.